The van der Waals surface area contributed by atoms with Gasteiger partial charge in [-0.05, 0) is 17.9 Å². The van der Waals surface area contributed by atoms with Crippen molar-refractivity contribution in [1.82, 2.24) is 4.90 Å². The second kappa shape index (κ2) is 7.19. The van der Waals surface area contributed by atoms with Crippen LogP contribution in [0.2, 0.25) is 5.02 Å². The molecule has 0 saturated carbocycles. The molecule has 1 N–H and O–H groups in total. The lowest BCUT2D eigenvalue weighted by Crippen LogP contribution is -2.31. The number of thioether (sulfide) groups is 1. The Labute approximate surface area is 143 Å². The fourth-order valence-electron chi connectivity index (χ4n) is 2.49. The van der Waals surface area contributed by atoms with Crippen LogP contribution in [0.5, 0.6) is 0 Å². The zero-order valence-electron chi connectivity index (χ0n) is 12.7. The summed E-state index contributed by atoms with van der Waals surface area (Å²) < 4.78 is 0. The molecule has 1 aliphatic heterocycles. The number of halogens is 1. The highest BCUT2D eigenvalue weighted by atomic mass is 35.5. The number of ketones is 1. The largest absolute Gasteiger partial charge is 0.481 e. The maximum Gasteiger partial charge on any atom is 0.308 e. The molecule has 0 saturated heterocycles. The molecule has 23 heavy (non-hydrogen) atoms. The van der Waals surface area contributed by atoms with Gasteiger partial charge in [0.05, 0.1) is 11.4 Å². The standard InChI is InChI=1S/C16H16ClNO4S/c1-3-23-16-13(10(8-12(19)20)15(22)18(16)2)14(21)9-6-4-5-7-11(9)17/h4-7,16H,3,8H2,1-2H3,(H,19,20)/t16-/m1/s1. The first kappa shape index (κ1) is 17.6. The maximum absolute atomic E-state index is 12.9. The minimum Gasteiger partial charge on any atom is -0.481 e. The first-order valence-corrected chi connectivity index (χ1v) is 8.44. The van der Waals surface area contributed by atoms with Crippen molar-refractivity contribution in [1.29, 1.82) is 0 Å². The summed E-state index contributed by atoms with van der Waals surface area (Å²) in [6, 6.07) is 6.55. The number of rotatable bonds is 6. The third-order valence-corrected chi connectivity index (χ3v) is 5.05. The van der Waals surface area contributed by atoms with Gasteiger partial charge in [-0.3, -0.25) is 14.4 Å². The average molecular weight is 354 g/mol. The highest BCUT2D eigenvalue weighted by Crippen LogP contribution is 2.36. The molecule has 2 rings (SSSR count). The predicted octanol–water partition coefficient (Wildman–Crippen LogP) is 2.85. The Hall–Kier alpha value is -1.79. The number of aliphatic carboxylic acids is 1. The van der Waals surface area contributed by atoms with Crippen LogP contribution in [0.25, 0.3) is 0 Å². The van der Waals surface area contributed by atoms with E-state index in [1.54, 1.807) is 31.3 Å². The molecule has 0 aromatic heterocycles. The van der Waals surface area contributed by atoms with Crippen LogP contribution in [0.4, 0.5) is 0 Å². The SMILES string of the molecule is CCS[C@@H]1C(C(=O)c2ccccc2Cl)=C(CC(=O)O)C(=O)N1C. The Balaban J connectivity index is 2.56. The summed E-state index contributed by atoms with van der Waals surface area (Å²) in [5.41, 5.74) is 0.535. The summed E-state index contributed by atoms with van der Waals surface area (Å²) >= 11 is 7.49. The number of carbonyl (C=O) groups excluding carboxylic acids is 2. The zero-order valence-corrected chi connectivity index (χ0v) is 14.3. The first-order valence-electron chi connectivity index (χ1n) is 7.01. The molecule has 1 heterocycles. The van der Waals surface area contributed by atoms with Gasteiger partial charge >= 0.3 is 5.97 Å². The molecule has 0 spiro atoms. The van der Waals surface area contributed by atoms with E-state index in [4.69, 9.17) is 16.7 Å². The van der Waals surface area contributed by atoms with Gasteiger partial charge in [-0.1, -0.05) is 30.7 Å². The number of Topliss-reactive ketones (excluding diaryl/α,β-unsaturated/α-hetero) is 1. The molecular weight excluding hydrogens is 338 g/mol. The van der Waals surface area contributed by atoms with E-state index in [2.05, 4.69) is 0 Å². The minimum atomic E-state index is -1.15. The zero-order chi connectivity index (χ0) is 17.1. The van der Waals surface area contributed by atoms with Gasteiger partial charge < -0.3 is 10.0 Å². The monoisotopic (exact) mass is 353 g/mol. The Morgan fingerprint density at radius 1 is 1.35 bits per heavy atom. The topological polar surface area (TPSA) is 74.7 Å². The van der Waals surface area contributed by atoms with E-state index in [-0.39, 0.29) is 21.7 Å². The molecule has 0 unspecified atom stereocenters. The molecule has 1 atom stereocenters. The van der Waals surface area contributed by atoms with Crippen molar-refractivity contribution in [3.63, 3.8) is 0 Å². The lowest BCUT2D eigenvalue weighted by Gasteiger charge is -2.21. The number of hydrogen-bond donors (Lipinski definition) is 1. The van der Waals surface area contributed by atoms with E-state index in [0.29, 0.717) is 5.75 Å². The highest BCUT2D eigenvalue weighted by Gasteiger charge is 2.41. The minimum absolute atomic E-state index is 0.0378. The van der Waals surface area contributed by atoms with Gasteiger partial charge in [0.2, 0.25) is 0 Å². The van der Waals surface area contributed by atoms with Crippen LogP contribution in [-0.2, 0) is 9.59 Å². The molecule has 0 radical (unpaired) electrons. The number of hydrogen-bond acceptors (Lipinski definition) is 4. The van der Waals surface area contributed by atoms with Crippen LogP contribution in [0.3, 0.4) is 0 Å². The molecule has 122 valence electrons. The van der Waals surface area contributed by atoms with E-state index < -0.39 is 29.5 Å². The quantitative estimate of drug-likeness (QED) is 0.796. The second-order valence-corrected chi connectivity index (χ2v) is 6.76. The number of carboxylic acids is 1. The fourth-order valence-corrected chi connectivity index (χ4v) is 3.76. The molecular formula is C16H16ClNO4S. The Morgan fingerprint density at radius 3 is 2.57 bits per heavy atom. The lowest BCUT2D eigenvalue weighted by atomic mass is 9.98. The molecule has 1 aromatic carbocycles. The van der Waals surface area contributed by atoms with Gasteiger partial charge in [-0.2, -0.15) is 0 Å². The number of nitrogens with zero attached hydrogens (tertiary/aromatic N) is 1. The van der Waals surface area contributed by atoms with Crippen molar-refractivity contribution in [2.45, 2.75) is 18.7 Å². The molecule has 7 heteroatoms. The lowest BCUT2D eigenvalue weighted by molar-refractivity contribution is -0.137. The number of carbonyl (C=O) groups is 3. The smallest absolute Gasteiger partial charge is 0.308 e. The Kier molecular flexibility index (Phi) is 5.49. The number of carboxylic acid groups (broad SMARTS) is 1. The van der Waals surface area contributed by atoms with Crippen LogP contribution in [0.1, 0.15) is 23.7 Å². The molecule has 0 bridgehead atoms. The van der Waals surface area contributed by atoms with E-state index in [1.807, 2.05) is 6.92 Å². The van der Waals surface area contributed by atoms with Crippen LogP contribution in [0.15, 0.2) is 35.4 Å². The summed E-state index contributed by atoms with van der Waals surface area (Å²) in [6.07, 6.45) is -0.477. The Bertz CT molecular complexity index is 701. The van der Waals surface area contributed by atoms with Gasteiger partial charge in [0.15, 0.2) is 5.78 Å². The molecule has 5 nitrogen and oxygen atoms in total. The Morgan fingerprint density at radius 2 is 2.00 bits per heavy atom. The third-order valence-electron chi connectivity index (χ3n) is 3.52. The van der Waals surface area contributed by atoms with Crippen molar-refractivity contribution in [2.75, 3.05) is 12.8 Å². The van der Waals surface area contributed by atoms with E-state index >= 15 is 0 Å². The summed E-state index contributed by atoms with van der Waals surface area (Å²) in [7, 11) is 1.57. The van der Waals surface area contributed by atoms with Crippen LogP contribution in [0, 0.1) is 0 Å². The van der Waals surface area contributed by atoms with Crippen molar-refractivity contribution in [3.8, 4) is 0 Å². The number of benzene rings is 1. The normalized spacial score (nSPS) is 17.8. The molecule has 1 amide bonds. The molecule has 1 aromatic rings. The van der Waals surface area contributed by atoms with Crippen LogP contribution in [-0.4, -0.2) is 45.8 Å². The second-order valence-electron chi connectivity index (χ2n) is 5.00. The van der Waals surface area contributed by atoms with Gasteiger partial charge in [0.1, 0.15) is 5.37 Å². The first-order chi connectivity index (χ1) is 10.9. The van der Waals surface area contributed by atoms with Crippen molar-refractivity contribution >= 4 is 41.0 Å². The average Bonchev–Trinajstić information content (AvgIpc) is 2.72. The summed E-state index contributed by atoms with van der Waals surface area (Å²) in [6.45, 7) is 1.91. The third kappa shape index (κ3) is 3.43. The highest BCUT2D eigenvalue weighted by molar-refractivity contribution is 8.00. The van der Waals surface area contributed by atoms with Gasteiger partial charge in [0, 0.05) is 23.8 Å². The molecule has 0 fully saturated rings. The number of likely N-dealkylation sites (N-methyl/N-ethyl adjacent to an activating group) is 1. The fraction of sp³-hybridized carbons (Fsp3) is 0.312. The van der Waals surface area contributed by atoms with Crippen molar-refractivity contribution in [2.24, 2.45) is 0 Å². The van der Waals surface area contributed by atoms with Crippen molar-refractivity contribution < 1.29 is 19.5 Å². The van der Waals surface area contributed by atoms with Crippen LogP contribution < -0.4 is 0 Å². The van der Waals surface area contributed by atoms with E-state index in [1.165, 1.54) is 16.7 Å². The molecule has 1 aliphatic rings. The maximum atomic E-state index is 12.9. The van der Waals surface area contributed by atoms with E-state index in [9.17, 15) is 14.4 Å². The molecule has 0 aliphatic carbocycles. The van der Waals surface area contributed by atoms with Crippen molar-refractivity contribution in [3.05, 3.63) is 46.0 Å². The van der Waals surface area contributed by atoms with Gasteiger partial charge in [0.25, 0.3) is 5.91 Å². The van der Waals surface area contributed by atoms with Gasteiger partial charge in [-0.25, -0.2) is 0 Å². The van der Waals surface area contributed by atoms with Crippen LogP contribution >= 0.6 is 23.4 Å². The summed E-state index contributed by atoms with van der Waals surface area (Å²) in [4.78, 5) is 37.8. The number of amides is 1. The predicted molar refractivity (Wildman–Crippen MR) is 89.8 cm³/mol. The van der Waals surface area contributed by atoms with Gasteiger partial charge in [-0.15, -0.1) is 11.8 Å². The van der Waals surface area contributed by atoms with E-state index in [0.717, 1.165) is 0 Å². The summed E-state index contributed by atoms with van der Waals surface area (Å²) in [5, 5.41) is 8.85. The summed E-state index contributed by atoms with van der Waals surface area (Å²) in [5.74, 6) is -1.28.